The first-order valence-corrected chi connectivity index (χ1v) is 5.76. The van der Waals surface area contributed by atoms with E-state index in [-0.39, 0.29) is 5.82 Å². The maximum Gasteiger partial charge on any atom is 0.126 e. The first-order valence-electron chi connectivity index (χ1n) is 5.38. The predicted molar refractivity (Wildman–Crippen MR) is 62.9 cm³/mol. The third-order valence-electron chi connectivity index (χ3n) is 2.23. The minimum Gasteiger partial charge on any atom is -0.317 e. The van der Waals surface area contributed by atoms with Gasteiger partial charge in [-0.2, -0.15) is 0 Å². The van der Waals surface area contributed by atoms with Crippen molar-refractivity contribution in [2.45, 2.75) is 26.2 Å². The molecular formula is C12H17ClFN. The Kier molecular flexibility index (Phi) is 5.66. The van der Waals surface area contributed by atoms with E-state index < -0.39 is 0 Å². The van der Waals surface area contributed by atoms with Crippen molar-refractivity contribution in [3.8, 4) is 0 Å². The third kappa shape index (κ3) is 4.63. The molecule has 84 valence electrons. The average molecular weight is 230 g/mol. The van der Waals surface area contributed by atoms with E-state index in [1.165, 1.54) is 6.07 Å². The molecule has 0 spiro atoms. The van der Waals surface area contributed by atoms with Crippen molar-refractivity contribution in [1.29, 1.82) is 0 Å². The van der Waals surface area contributed by atoms with E-state index in [4.69, 9.17) is 11.6 Å². The van der Waals surface area contributed by atoms with Crippen molar-refractivity contribution < 1.29 is 4.39 Å². The second-order valence-corrected chi connectivity index (χ2v) is 4.03. The highest BCUT2D eigenvalue weighted by Gasteiger charge is 2.02. The fraction of sp³-hybridized carbons (Fsp3) is 0.500. The zero-order chi connectivity index (χ0) is 11.1. The minimum absolute atomic E-state index is 0.158. The summed E-state index contributed by atoms with van der Waals surface area (Å²) in [6, 6.07) is 4.71. The molecule has 0 fully saturated rings. The fourth-order valence-electron chi connectivity index (χ4n) is 1.44. The zero-order valence-corrected chi connectivity index (χ0v) is 9.78. The van der Waals surface area contributed by atoms with Gasteiger partial charge in [-0.1, -0.05) is 18.5 Å². The van der Waals surface area contributed by atoms with Crippen LogP contribution in [0.3, 0.4) is 0 Å². The van der Waals surface area contributed by atoms with Crippen LogP contribution >= 0.6 is 11.6 Å². The Labute approximate surface area is 95.6 Å². The number of benzene rings is 1. The van der Waals surface area contributed by atoms with Gasteiger partial charge in [0.25, 0.3) is 0 Å². The molecule has 1 N–H and O–H groups in total. The molecule has 0 amide bonds. The van der Waals surface area contributed by atoms with Gasteiger partial charge in [-0.3, -0.25) is 0 Å². The van der Waals surface area contributed by atoms with Gasteiger partial charge in [0.05, 0.1) is 0 Å². The van der Waals surface area contributed by atoms with Crippen LogP contribution in [0.5, 0.6) is 0 Å². The fourth-order valence-corrected chi connectivity index (χ4v) is 1.64. The van der Waals surface area contributed by atoms with Gasteiger partial charge in [0.2, 0.25) is 0 Å². The Balaban J connectivity index is 2.33. The molecule has 0 aliphatic carbocycles. The molecule has 0 aromatic heterocycles. The first-order chi connectivity index (χ1) is 7.24. The smallest absolute Gasteiger partial charge is 0.126 e. The van der Waals surface area contributed by atoms with Crippen molar-refractivity contribution in [2.75, 3.05) is 13.1 Å². The molecule has 1 rings (SSSR count). The Morgan fingerprint density at radius 1 is 1.33 bits per heavy atom. The molecule has 1 nitrogen and oxygen atoms in total. The minimum atomic E-state index is -0.158. The molecule has 1 aromatic carbocycles. The van der Waals surface area contributed by atoms with Crippen LogP contribution in [0.1, 0.15) is 25.3 Å². The number of nitrogens with one attached hydrogen (secondary N) is 1. The largest absolute Gasteiger partial charge is 0.317 e. The summed E-state index contributed by atoms with van der Waals surface area (Å²) in [4.78, 5) is 0. The normalized spacial score (nSPS) is 10.6. The lowest BCUT2D eigenvalue weighted by Gasteiger charge is -2.05. The lowest BCUT2D eigenvalue weighted by molar-refractivity contribution is 0.592. The molecule has 0 aliphatic rings. The Hall–Kier alpha value is -0.600. The van der Waals surface area contributed by atoms with Crippen molar-refractivity contribution in [3.05, 3.63) is 34.6 Å². The van der Waals surface area contributed by atoms with Crippen molar-refractivity contribution in [1.82, 2.24) is 5.32 Å². The van der Waals surface area contributed by atoms with Gasteiger partial charge >= 0.3 is 0 Å². The summed E-state index contributed by atoms with van der Waals surface area (Å²) in [6.45, 7) is 4.08. The van der Waals surface area contributed by atoms with Crippen LogP contribution in [0, 0.1) is 5.82 Å². The van der Waals surface area contributed by atoms with Gasteiger partial charge in [-0.05, 0) is 56.1 Å². The number of hydrogen-bond donors (Lipinski definition) is 1. The topological polar surface area (TPSA) is 12.0 Å². The second-order valence-electron chi connectivity index (χ2n) is 3.59. The molecule has 0 atom stereocenters. The summed E-state index contributed by atoms with van der Waals surface area (Å²) in [6.07, 6.45) is 2.81. The van der Waals surface area contributed by atoms with Crippen LogP contribution < -0.4 is 5.32 Å². The summed E-state index contributed by atoms with van der Waals surface area (Å²) in [5, 5.41) is 3.89. The summed E-state index contributed by atoms with van der Waals surface area (Å²) < 4.78 is 13.3. The second kappa shape index (κ2) is 6.81. The van der Waals surface area contributed by atoms with Crippen molar-refractivity contribution in [3.63, 3.8) is 0 Å². The van der Waals surface area contributed by atoms with Crippen LogP contribution in [0.15, 0.2) is 18.2 Å². The molecular weight excluding hydrogens is 213 g/mol. The van der Waals surface area contributed by atoms with Crippen molar-refractivity contribution >= 4 is 11.6 Å². The standard InChI is InChI=1S/C12H17ClFN/c1-2-7-15-8-3-4-10-9-11(13)5-6-12(10)14/h5-6,9,15H,2-4,7-8H2,1H3. The van der Waals surface area contributed by atoms with Gasteiger partial charge in [0.15, 0.2) is 0 Å². The van der Waals surface area contributed by atoms with E-state index in [1.807, 2.05) is 0 Å². The zero-order valence-electron chi connectivity index (χ0n) is 9.02. The highest BCUT2D eigenvalue weighted by atomic mass is 35.5. The Morgan fingerprint density at radius 2 is 2.13 bits per heavy atom. The highest BCUT2D eigenvalue weighted by Crippen LogP contribution is 2.15. The lowest BCUT2D eigenvalue weighted by Crippen LogP contribution is -2.16. The molecule has 0 unspecified atom stereocenters. The van der Waals surface area contributed by atoms with Crippen LogP contribution in [0.25, 0.3) is 0 Å². The van der Waals surface area contributed by atoms with Gasteiger partial charge in [0, 0.05) is 5.02 Å². The monoisotopic (exact) mass is 229 g/mol. The van der Waals surface area contributed by atoms with Crippen LogP contribution in [0.2, 0.25) is 5.02 Å². The highest BCUT2D eigenvalue weighted by molar-refractivity contribution is 6.30. The van der Waals surface area contributed by atoms with Gasteiger partial charge in [-0.25, -0.2) is 4.39 Å². The number of aryl methyl sites for hydroxylation is 1. The maximum atomic E-state index is 13.3. The predicted octanol–water partition coefficient (Wildman–Crippen LogP) is 3.41. The van der Waals surface area contributed by atoms with Crippen LogP contribution in [0.4, 0.5) is 4.39 Å². The van der Waals surface area contributed by atoms with E-state index in [0.29, 0.717) is 10.6 Å². The van der Waals surface area contributed by atoms with E-state index in [0.717, 1.165) is 32.4 Å². The molecule has 0 bridgehead atoms. The quantitative estimate of drug-likeness (QED) is 0.738. The molecule has 3 heteroatoms. The molecule has 1 aromatic rings. The number of rotatable bonds is 6. The number of halogens is 2. The van der Waals surface area contributed by atoms with Crippen LogP contribution in [-0.2, 0) is 6.42 Å². The Morgan fingerprint density at radius 3 is 2.87 bits per heavy atom. The van der Waals surface area contributed by atoms with Gasteiger partial charge in [0.1, 0.15) is 5.82 Å². The lowest BCUT2D eigenvalue weighted by atomic mass is 10.1. The van der Waals surface area contributed by atoms with Gasteiger partial charge in [-0.15, -0.1) is 0 Å². The van der Waals surface area contributed by atoms with E-state index in [2.05, 4.69) is 12.2 Å². The summed E-state index contributed by atoms with van der Waals surface area (Å²) in [5.74, 6) is -0.158. The molecule has 0 aliphatic heterocycles. The maximum absolute atomic E-state index is 13.3. The third-order valence-corrected chi connectivity index (χ3v) is 2.47. The SMILES string of the molecule is CCCNCCCc1cc(Cl)ccc1F. The van der Waals surface area contributed by atoms with Gasteiger partial charge < -0.3 is 5.32 Å². The molecule has 0 heterocycles. The average Bonchev–Trinajstić information content (AvgIpc) is 2.23. The van der Waals surface area contributed by atoms with Crippen molar-refractivity contribution in [2.24, 2.45) is 0 Å². The summed E-state index contributed by atoms with van der Waals surface area (Å²) in [5.41, 5.74) is 0.709. The van der Waals surface area contributed by atoms with Crippen LogP contribution in [-0.4, -0.2) is 13.1 Å². The molecule has 0 saturated carbocycles. The molecule has 0 saturated heterocycles. The number of hydrogen-bond acceptors (Lipinski definition) is 1. The first kappa shape index (κ1) is 12.5. The summed E-state index contributed by atoms with van der Waals surface area (Å²) in [7, 11) is 0. The van der Waals surface area contributed by atoms with E-state index >= 15 is 0 Å². The molecule has 0 radical (unpaired) electrons. The van der Waals surface area contributed by atoms with E-state index in [9.17, 15) is 4.39 Å². The summed E-state index contributed by atoms with van der Waals surface area (Å²) >= 11 is 5.80. The Bertz CT molecular complexity index is 302. The van der Waals surface area contributed by atoms with E-state index in [1.54, 1.807) is 12.1 Å². The molecule has 15 heavy (non-hydrogen) atoms.